The number of amides is 1. The van der Waals surface area contributed by atoms with Crippen LogP contribution >= 0.6 is 11.6 Å². The molecule has 2 heterocycles. The van der Waals surface area contributed by atoms with Gasteiger partial charge in [0, 0.05) is 32.2 Å². The quantitative estimate of drug-likeness (QED) is 0.822. The standard InChI is InChI=1S/C15H16ClN3O2/c1-21-9-8-19(11-12-4-2-3-6-18-12)15(20)13-10-17-7-5-14(13)16/h2-7,10H,8-9,11H2,1H3. The number of carbonyl (C=O) groups excluding carboxylic acids is 1. The molecule has 0 N–H and O–H groups in total. The van der Waals surface area contributed by atoms with Crippen LogP contribution in [0.5, 0.6) is 0 Å². The summed E-state index contributed by atoms with van der Waals surface area (Å²) in [5.41, 5.74) is 1.19. The van der Waals surface area contributed by atoms with E-state index in [1.165, 1.54) is 6.20 Å². The van der Waals surface area contributed by atoms with Gasteiger partial charge in [-0.15, -0.1) is 0 Å². The molecule has 0 aliphatic carbocycles. The Kier molecular flexibility index (Phi) is 5.66. The number of methoxy groups -OCH3 is 1. The fraction of sp³-hybridized carbons (Fsp3) is 0.267. The van der Waals surface area contributed by atoms with E-state index in [1.54, 1.807) is 30.5 Å². The first-order valence-corrected chi connectivity index (χ1v) is 6.88. The van der Waals surface area contributed by atoms with Crippen LogP contribution in [0.4, 0.5) is 0 Å². The third-order valence-electron chi connectivity index (χ3n) is 2.93. The summed E-state index contributed by atoms with van der Waals surface area (Å²) in [7, 11) is 1.60. The average Bonchev–Trinajstić information content (AvgIpc) is 2.52. The van der Waals surface area contributed by atoms with E-state index < -0.39 is 0 Å². The highest BCUT2D eigenvalue weighted by molar-refractivity contribution is 6.33. The zero-order chi connectivity index (χ0) is 15.1. The SMILES string of the molecule is COCCN(Cc1ccccn1)C(=O)c1cnccc1Cl. The second-order valence-electron chi connectivity index (χ2n) is 4.40. The minimum absolute atomic E-state index is 0.184. The number of hydrogen-bond donors (Lipinski definition) is 0. The number of ether oxygens (including phenoxy) is 1. The average molecular weight is 306 g/mol. The van der Waals surface area contributed by atoms with E-state index in [9.17, 15) is 4.79 Å². The lowest BCUT2D eigenvalue weighted by Gasteiger charge is -2.22. The van der Waals surface area contributed by atoms with Crippen LogP contribution in [-0.2, 0) is 11.3 Å². The summed E-state index contributed by atoms with van der Waals surface area (Å²) in [6.07, 6.45) is 4.73. The summed E-state index contributed by atoms with van der Waals surface area (Å²) in [5.74, 6) is -0.184. The van der Waals surface area contributed by atoms with Crippen molar-refractivity contribution in [3.05, 3.63) is 59.1 Å². The first kappa shape index (κ1) is 15.4. The highest BCUT2D eigenvalue weighted by atomic mass is 35.5. The van der Waals surface area contributed by atoms with Gasteiger partial charge in [0.2, 0.25) is 0 Å². The second kappa shape index (κ2) is 7.71. The lowest BCUT2D eigenvalue weighted by atomic mass is 10.2. The summed E-state index contributed by atoms with van der Waals surface area (Å²) in [5, 5.41) is 0.387. The van der Waals surface area contributed by atoms with Crippen LogP contribution in [0, 0.1) is 0 Å². The number of halogens is 1. The molecule has 0 aliphatic heterocycles. The molecule has 21 heavy (non-hydrogen) atoms. The van der Waals surface area contributed by atoms with Gasteiger partial charge in [-0.1, -0.05) is 17.7 Å². The molecule has 0 radical (unpaired) electrons. The molecule has 0 fully saturated rings. The van der Waals surface area contributed by atoms with E-state index in [0.29, 0.717) is 30.3 Å². The first-order chi connectivity index (χ1) is 10.2. The molecule has 0 atom stereocenters. The van der Waals surface area contributed by atoms with Gasteiger partial charge in [0.1, 0.15) is 0 Å². The lowest BCUT2D eigenvalue weighted by Crippen LogP contribution is -2.34. The molecule has 1 amide bonds. The summed E-state index contributed by atoms with van der Waals surface area (Å²) < 4.78 is 5.06. The molecule has 5 nitrogen and oxygen atoms in total. The minimum atomic E-state index is -0.184. The molecule has 2 aromatic heterocycles. The smallest absolute Gasteiger partial charge is 0.257 e. The third-order valence-corrected chi connectivity index (χ3v) is 3.26. The molecule has 2 aromatic rings. The van der Waals surface area contributed by atoms with Gasteiger partial charge in [0.25, 0.3) is 5.91 Å². The van der Waals surface area contributed by atoms with Crippen molar-refractivity contribution < 1.29 is 9.53 Å². The number of aromatic nitrogens is 2. The normalized spacial score (nSPS) is 10.4. The van der Waals surface area contributed by atoms with Crippen LogP contribution in [-0.4, -0.2) is 41.0 Å². The number of rotatable bonds is 6. The minimum Gasteiger partial charge on any atom is -0.383 e. The Morgan fingerprint density at radius 1 is 1.33 bits per heavy atom. The number of nitrogens with zero attached hydrogens (tertiary/aromatic N) is 3. The molecule has 2 rings (SSSR count). The first-order valence-electron chi connectivity index (χ1n) is 6.50. The van der Waals surface area contributed by atoms with Crippen molar-refractivity contribution in [3.63, 3.8) is 0 Å². The van der Waals surface area contributed by atoms with Crippen LogP contribution in [0.15, 0.2) is 42.9 Å². The van der Waals surface area contributed by atoms with Gasteiger partial charge in [-0.3, -0.25) is 14.8 Å². The van der Waals surface area contributed by atoms with Crippen LogP contribution in [0.3, 0.4) is 0 Å². The highest BCUT2D eigenvalue weighted by Crippen LogP contribution is 2.17. The van der Waals surface area contributed by atoms with E-state index >= 15 is 0 Å². The van der Waals surface area contributed by atoms with Crippen molar-refractivity contribution in [1.29, 1.82) is 0 Å². The summed E-state index contributed by atoms with van der Waals surface area (Å²) in [6, 6.07) is 7.20. The van der Waals surface area contributed by atoms with Crippen molar-refractivity contribution in [1.82, 2.24) is 14.9 Å². The van der Waals surface area contributed by atoms with Gasteiger partial charge in [-0.2, -0.15) is 0 Å². The molecular formula is C15H16ClN3O2. The Labute approximate surface area is 128 Å². The summed E-state index contributed by atoms with van der Waals surface area (Å²) in [4.78, 5) is 22.4. The Bertz CT molecular complexity index is 592. The van der Waals surface area contributed by atoms with Crippen LogP contribution in [0.2, 0.25) is 5.02 Å². The van der Waals surface area contributed by atoms with Gasteiger partial charge in [0.05, 0.1) is 29.4 Å². The molecule has 0 bridgehead atoms. The fourth-order valence-electron chi connectivity index (χ4n) is 1.85. The molecule has 6 heteroatoms. The van der Waals surface area contributed by atoms with Gasteiger partial charge < -0.3 is 9.64 Å². The predicted molar refractivity (Wildman–Crippen MR) is 80.1 cm³/mol. The van der Waals surface area contributed by atoms with Crippen molar-refractivity contribution in [2.45, 2.75) is 6.54 Å². The van der Waals surface area contributed by atoms with Crippen LogP contribution in [0.1, 0.15) is 16.1 Å². The third kappa shape index (κ3) is 4.24. The maximum absolute atomic E-state index is 12.6. The van der Waals surface area contributed by atoms with Crippen molar-refractivity contribution >= 4 is 17.5 Å². The highest BCUT2D eigenvalue weighted by Gasteiger charge is 2.19. The number of carbonyl (C=O) groups is 1. The topological polar surface area (TPSA) is 55.3 Å². The van der Waals surface area contributed by atoms with Gasteiger partial charge in [0.15, 0.2) is 0 Å². The van der Waals surface area contributed by atoms with Gasteiger partial charge in [-0.05, 0) is 18.2 Å². The van der Waals surface area contributed by atoms with Crippen molar-refractivity contribution in [3.8, 4) is 0 Å². The second-order valence-corrected chi connectivity index (χ2v) is 4.80. The Balaban J connectivity index is 2.19. The largest absolute Gasteiger partial charge is 0.383 e. The molecule has 110 valence electrons. The Hall–Kier alpha value is -1.98. The lowest BCUT2D eigenvalue weighted by molar-refractivity contribution is 0.0677. The van der Waals surface area contributed by atoms with E-state index in [-0.39, 0.29) is 5.91 Å². The van der Waals surface area contributed by atoms with E-state index in [0.717, 1.165) is 5.69 Å². The fourth-order valence-corrected chi connectivity index (χ4v) is 2.03. The zero-order valence-corrected chi connectivity index (χ0v) is 12.5. The summed E-state index contributed by atoms with van der Waals surface area (Å²) >= 11 is 6.07. The van der Waals surface area contributed by atoms with E-state index in [2.05, 4.69) is 9.97 Å². The molecule has 0 saturated heterocycles. The maximum Gasteiger partial charge on any atom is 0.257 e. The van der Waals surface area contributed by atoms with Crippen LogP contribution < -0.4 is 0 Å². The van der Waals surface area contributed by atoms with E-state index in [1.807, 2.05) is 18.2 Å². The molecule has 0 aliphatic rings. The predicted octanol–water partition coefficient (Wildman–Crippen LogP) is 2.42. The van der Waals surface area contributed by atoms with Gasteiger partial charge in [-0.25, -0.2) is 0 Å². The van der Waals surface area contributed by atoms with Crippen molar-refractivity contribution in [2.24, 2.45) is 0 Å². The van der Waals surface area contributed by atoms with Crippen molar-refractivity contribution in [2.75, 3.05) is 20.3 Å². The zero-order valence-electron chi connectivity index (χ0n) is 11.7. The van der Waals surface area contributed by atoms with Crippen LogP contribution in [0.25, 0.3) is 0 Å². The summed E-state index contributed by atoms with van der Waals surface area (Å²) in [6.45, 7) is 1.29. The Morgan fingerprint density at radius 3 is 2.86 bits per heavy atom. The van der Waals surface area contributed by atoms with Gasteiger partial charge >= 0.3 is 0 Å². The Morgan fingerprint density at radius 2 is 2.19 bits per heavy atom. The van der Waals surface area contributed by atoms with E-state index in [4.69, 9.17) is 16.3 Å². The monoisotopic (exact) mass is 305 g/mol. The molecule has 0 saturated carbocycles. The molecule has 0 aromatic carbocycles. The molecular weight excluding hydrogens is 290 g/mol. The maximum atomic E-state index is 12.6. The molecule has 0 unspecified atom stereocenters. The number of pyridine rings is 2. The molecule has 0 spiro atoms. The number of hydrogen-bond acceptors (Lipinski definition) is 4.